The van der Waals surface area contributed by atoms with Gasteiger partial charge in [-0.1, -0.05) is 25.7 Å². The van der Waals surface area contributed by atoms with E-state index in [1.54, 1.807) is 0 Å². The molecule has 5 heteroatoms. The van der Waals surface area contributed by atoms with Crippen molar-refractivity contribution in [2.75, 3.05) is 7.05 Å². The Bertz CT molecular complexity index is 450. The lowest BCUT2D eigenvalue weighted by atomic mass is 10.1. The Morgan fingerprint density at radius 1 is 1.40 bits per heavy atom. The summed E-state index contributed by atoms with van der Waals surface area (Å²) in [6.45, 7) is 3.00. The standard InChI is InChI=1S/C15H25N3OS/c1-11-12(9-14(20-11)15(19)17-16)10-18(2)13-7-5-3-4-6-8-13/h9,13H,3-8,10,16H2,1-2H3,(H,17,19). The Hall–Kier alpha value is -0.910. The van der Waals surface area contributed by atoms with E-state index < -0.39 is 0 Å². The maximum atomic E-state index is 11.6. The van der Waals surface area contributed by atoms with Crippen molar-refractivity contribution in [2.24, 2.45) is 5.84 Å². The number of hydrazine groups is 1. The summed E-state index contributed by atoms with van der Waals surface area (Å²) in [6.07, 6.45) is 8.05. The second-order valence-corrected chi connectivity index (χ2v) is 6.98. The molecule has 3 N–H and O–H groups in total. The minimum atomic E-state index is -0.193. The van der Waals surface area contributed by atoms with Crippen molar-refractivity contribution >= 4 is 17.2 Å². The number of thiophene rings is 1. The van der Waals surface area contributed by atoms with Gasteiger partial charge in [0.15, 0.2) is 0 Å². The molecular formula is C15H25N3OS. The zero-order valence-corrected chi connectivity index (χ0v) is 13.3. The number of nitrogens with two attached hydrogens (primary N) is 1. The van der Waals surface area contributed by atoms with Crippen molar-refractivity contribution in [3.05, 3.63) is 21.4 Å². The van der Waals surface area contributed by atoms with Crippen LogP contribution >= 0.6 is 11.3 Å². The molecule has 112 valence electrons. The van der Waals surface area contributed by atoms with E-state index >= 15 is 0 Å². The first-order chi connectivity index (χ1) is 9.61. The molecule has 1 saturated carbocycles. The van der Waals surface area contributed by atoms with E-state index in [1.165, 1.54) is 60.3 Å². The van der Waals surface area contributed by atoms with Gasteiger partial charge in [-0.3, -0.25) is 15.1 Å². The van der Waals surface area contributed by atoms with E-state index in [2.05, 4.69) is 24.3 Å². The Morgan fingerprint density at radius 2 is 2.05 bits per heavy atom. The molecule has 1 aromatic heterocycles. The molecule has 1 fully saturated rings. The predicted octanol–water partition coefficient (Wildman–Crippen LogP) is 2.81. The minimum absolute atomic E-state index is 0.193. The molecule has 4 nitrogen and oxygen atoms in total. The van der Waals surface area contributed by atoms with Crippen molar-refractivity contribution in [3.8, 4) is 0 Å². The second kappa shape index (κ2) is 7.20. The normalized spacial score (nSPS) is 17.2. The number of aryl methyl sites for hydroxylation is 1. The van der Waals surface area contributed by atoms with E-state index in [0.29, 0.717) is 10.9 Å². The molecule has 0 saturated heterocycles. The molecule has 1 aliphatic carbocycles. The lowest BCUT2D eigenvalue weighted by Gasteiger charge is -2.27. The van der Waals surface area contributed by atoms with Gasteiger partial charge in [0.05, 0.1) is 4.88 Å². The Labute approximate surface area is 125 Å². The average Bonchev–Trinajstić information content (AvgIpc) is 2.68. The van der Waals surface area contributed by atoms with Crippen LogP contribution in [-0.2, 0) is 6.54 Å². The molecule has 0 radical (unpaired) electrons. The number of nitrogen functional groups attached to an aromatic ring is 1. The van der Waals surface area contributed by atoms with Crippen molar-refractivity contribution in [2.45, 2.75) is 58.0 Å². The van der Waals surface area contributed by atoms with E-state index in [-0.39, 0.29) is 5.91 Å². The van der Waals surface area contributed by atoms with Crippen LogP contribution in [0, 0.1) is 6.92 Å². The highest BCUT2D eigenvalue weighted by atomic mass is 32.1. The van der Waals surface area contributed by atoms with Crippen LogP contribution in [0.5, 0.6) is 0 Å². The molecule has 0 aromatic carbocycles. The Kier molecular flexibility index (Phi) is 5.57. The second-order valence-electron chi connectivity index (χ2n) is 5.73. The summed E-state index contributed by atoms with van der Waals surface area (Å²) in [4.78, 5) is 15.9. The SMILES string of the molecule is Cc1sc(C(=O)NN)cc1CN(C)C1CCCCCC1. The number of carbonyl (C=O) groups excluding carboxylic acids is 1. The molecule has 0 atom stereocenters. The number of rotatable bonds is 4. The molecule has 0 aliphatic heterocycles. The summed E-state index contributed by atoms with van der Waals surface area (Å²) >= 11 is 1.52. The maximum absolute atomic E-state index is 11.6. The van der Waals surface area contributed by atoms with Crippen LogP contribution < -0.4 is 11.3 Å². The average molecular weight is 295 g/mol. The summed E-state index contributed by atoms with van der Waals surface area (Å²) in [5, 5.41) is 0. The monoisotopic (exact) mass is 295 g/mol. The molecule has 1 aromatic rings. The van der Waals surface area contributed by atoms with Gasteiger partial charge in [-0.15, -0.1) is 11.3 Å². The highest BCUT2D eigenvalue weighted by Gasteiger charge is 2.19. The molecule has 0 spiro atoms. The van der Waals surface area contributed by atoms with E-state index in [1.807, 2.05) is 6.07 Å². The van der Waals surface area contributed by atoms with Gasteiger partial charge < -0.3 is 0 Å². The maximum Gasteiger partial charge on any atom is 0.275 e. The summed E-state index contributed by atoms with van der Waals surface area (Å²) in [7, 11) is 2.20. The van der Waals surface area contributed by atoms with Crippen LogP contribution in [0.2, 0.25) is 0 Å². The third-order valence-electron chi connectivity index (χ3n) is 4.24. The highest BCUT2D eigenvalue weighted by molar-refractivity contribution is 7.14. The summed E-state index contributed by atoms with van der Waals surface area (Å²) in [5.74, 6) is 5.00. The van der Waals surface area contributed by atoms with Gasteiger partial charge in [0, 0.05) is 17.5 Å². The van der Waals surface area contributed by atoms with Gasteiger partial charge in [0.25, 0.3) is 5.91 Å². The third kappa shape index (κ3) is 3.81. The Morgan fingerprint density at radius 3 is 2.65 bits per heavy atom. The van der Waals surface area contributed by atoms with Gasteiger partial charge in [0.1, 0.15) is 0 Å². The minimum Gasteiger partial charge on any atom is -0.299 e. The van der Waals surface area contributed by atoms with Crippen molar-refractivity contribution in [3.63, 3.8) is 0 Å². The van der Waals surface area contributed by atoms with Crippen LogP contribution in [-0.4, -0.2) is 23.9 Å². The van der Waals surface area contributed by atoms with Gasteiger partial charge in [-0.05, 0) is 38.4 Å². The third-order valence-corrected chi connectivity index (χ3v) is 5.33. The first-order valence-corrected chi connectivity index (χ1v) is 8.24. The van der Waals surface area contributed by atoms with Gasteiger partial charge in [-0.25, -0.2) is 5.84 Å². The molecule has 1 amide bonds. The van der Waals surface area contributed by atoms with Crippen LogP contribution in [0.3, 0.4) is 0 Å². The highest BCUT2D eigenvalue weighted by Crippen LogP contribution is 2.26. The molecular weight excluding hydrogens is 270 g/mol. The summed E-state index contributed by atoms with van der Waals surface area (Å²) in [6, 6.07) is 2.67. The number of nitrogens with one attached hydrogen (secondary N) is 1. The molecule has 2 rings (SSSR count). The fourth-order valence-electron chi connectivity index (χ4n) is 2.96. The fourth-order valence-corrected chi connectivity index (χ4v) is 3.89. The molecule has 0 bridgehead atoms. The van der Waals surface area contributed by atoms with Crippen molar-refractivity contribution < 1.29 is 4.79 Å². The van der Waals surface area contributed by atoms with Crippen LogP contribution in [0.4, 0.5) is 0 Å². The lowest BCUT2D eigenvalue weighted by molar-refractivity contribution is 0.0957. The number of amides is 1. The smallest absolute Gasteiger partial charge is 0.275 e. The van der Waals surface area contributed by atoms with E-state index in [4.69, 9.17) is 5.84 Å². The van der Waals surface area contributed by atoms with E-state index in [0.717, 1.165) is 6.54 Å². The largest absolute Gasteiger partial charge is 0.299 e. The van der Waals surface area contributed by atoms with Gasteiger partial charge in [-0.2, -0.15) is 0 Å². The Balaban J connectivity index is 2.01. The predicted molar refractivity (Wildman–Crippen MR) is 83.7 cm³/mol. The van der Waals surface area contributed by atoms with Crippen molar-refractivity contribution in [1.29, 1.82) is 0 Å². The zero-order chi connectivity index (χ0) is 14.5. The summed E-state index contributed by atoms with van der Waals surface area (Å²) in [5.41, 5.74) is 3.45. The first kappa shape index (κ1) is 15.5. The number of carbonyl (C=O) groups is 1. The number of nitrogens with zero attached hydrogens (tertiary/aromatic N) is 1. The quantitative estimate of drug-likeness (QED) is 0.389. The van der Waals surface area contributed by atoms with Crippen LogP contribution in [0.25, 0.3) is 0 Å². The molecule has 0 unspecified atom stereocenters. The fraction of sp³-hybridized carbons (Fsp3) is 0.667. The van der Waals surface area contributed by atoms with Crippen molar-refractivity contribution in [1.82, 2.24) is 10.3 Å². The summed E-state index contributed by atoms with van der Waals surface area (Å²) < 4.78 is 0. The van der Waals surface area contributed by atoms with Crippen LogP contribution in [0.1, 0.15) is 58.6 Å². The van der Waals surface area contributed by atoms with Crippen LogP contribution in [0.15, 0.2) is 6.07 Å². The van der Waals surface area contributed by atoms with Gasteiger partial charge >= 0.3 is 0 Å². The molecule has 1 aliphatic rings. The first-order valence-electron chi connectivity index (χ1n) is 7.42. The van der Waals surface area contributed by atoms with Gasteiger partial charge in [0.2, 0.25) is 0 Å². The molecule has 20 heavy (non-hydrogen) atoms. The zero-order valence-electron chi connectivity index (χ0n) is 12.4. The topological polar surface area (TPSA) is 58.4 Å². The number of hydrogen-bond acceptors (Lipinski definition) is 4. The lowest BCUT2D eigenvalue weighted by Crippen LogP contribution is -2.31. The molecule has 1 heterocycles. The number of hydrogen-bond donors (Lipinski definition) is 2. The van der Waals surface area contributed by atoms with E-state index in [9.17, 15) is 4.79 Å².